The van der Waals surface area contributed by atoms with Gasteiger partial charge in [-0.05, 0) is 68.8 Å². The van der Waals surface area contributed by atoms with Crippen LogP contribution in [0.4, 0.5) is 23.4 Å². The van der Waals surface area contributed by atoms with E-state index in [0.29, 0.717) is 22.9 Å². The van der Waals surface area contributed by atoms with Gasteiger partial charge < -0.3 is 20.7 Å². The number of rotatable bonds is 11. The van der Waals surface area contributed by atoms with Gasteiger partial charge in [-0.25, -0.2) is 0 Å². The predicted octanol–water partition coefficient (Wildman–Crippen LogP) is 3.28. The van der Waals surface area contributed by atoms with Gasteiger partial charge >= 0.3 is 0 Å². The van der Waals surface area contributed by atoms with Crippen LogP contribution in [0.1, 0.15) is 25.0 Å². The molecule has 1 aromatic carbocycles. The molecular formula is C24H31N9O2S. The van der Waals surface area contributed by atoms with Gasteiger partial charge in [0.05, 0.1) is 13.2 Å². The van der Waals surface area contributed by atoms with Crippen LogP contribution in [0, 0.1) is 12.8 Å². The van der Waals surface area contributed by atoms with Gasteiger partial charge in [-0.1, -0.05) is 0 Å². The van der Waals surface area contributed by atoms with Crippen LogP contribution >= 0.6 is 11.8 Å². The molecule has 11 nitrogen and oxygen atoms in total. The molecule has 3 aromatic rings. The maximum atomic E-state index is 12.0. The van der Waals surface area contributed by atoms with Gasteiger partial charge in [0, 0.05) is 47.9 Å². The zero-order valence-corrected chi connectivity index (χ0v) is 21.1. The molecule has 36 heavy (non-hydrogen) atoms. The number of nitrogens with one attached hydrogen (secondary N) is 4. The number of nitrogens with zero attached hydrogens (tertiary/aromatic N) is 5. The number of ether oxygens (including phenoxy) is 1. The van der Waals surface area contributed by atoms with Crippen molar-refractivity contribution in [1.29, 1.82) is 0 Å². The van der Waals surface area contributed by atoms with Crippen molar-refractivity contribution in [3.8, 4) is 0 Å². The van der Waals surface area contributed by atoms with E-state index in [1.54, 1.807) is 0 Å². The zero-order valence-electron chi connectivity index (χ0n) is 20.3. The minimum atomic E-state index is 0.0986. The number of aryl methyl sites for hydroxylation is 1. The van der Waals surface area contributed by atoms with Crippen molar-refractivity contribution < 1.29 is 9.53 Å². The SMILES string of the molecule is Cc1cc(Nc2nc(NCCCN3CCOCC3)nc(Sc3ccc(NC(=O)C4CC4)cc3)n2)n[nH]1. The van der Waals surface area contributed by atoms with Crippen molar-refractivity contribution in [2.45, 2.75) is 36.2 Å². The molecule has 1 aliphatic carbocycles. The summed E-state index contributed by atoms with van der Waals surface area (Å²) < 4.78 is 5.42. The Labute approximate surface area is 214 Å². The molecule has 5 rings (SSSR count). The Balaban J connectivity index is 1.23. The van der Waals surface area contributed by atoms with E-state index in [1.807, 2.05) is 37.3 Å². The molecule has 0 unspecified atom stereocenters. The second kappa shape index (κ2) is 11.7. The summed E-state index contributed by atoms with van der Waals surface area (Å²) in [5.41, 5.74) is 1.74. The lowest BCUT2D eigenvalue weighted by molar-refractivity contribution is -0.117. The lowest BCUT2D eigenvalue weighted by Gasteiger charge is -2.26. The first-order valence-corrected chi connectivity index (χ1v) is 13.1. The van der Waals surface area contributed by atoms with Gasteiger partial charge in [0.15, 0.2) is 11.0 Å². The molecular weight excluding hydrogens is 478 g/mol. The Morgan fingerprint density at radius 3 is 2.64 bits per heavy atom. The Kier molecular flexibility index (Phi) is 7.94. The molecule has 190 valence electrons. The highest BCUT2D eigenvalue weighted by Gasteiger charge is 2.29. The van der Waals surface area contributed by atoms with E-state index in [4.69, 9.17) is 4.74 Å². The first-order chi connectivity index (χ1) is 17.6. The molecule has 3 heterocycles. The van der Waals surface area contributed by atoms with Crippen molar-refractivity contribution in [3.63, 3.8) is 0 Å². The first-order valence-electron chi connectivity index (χ1n) is 12.3. The van der Waals surface area contributed by atoms with Gasteiger partial charge in [0.2, 0.25) is 17.8 Å². The third-order valence-electron chi connectivity index (χ3n) is 5.88. The summed E-state index contributed by atoms with van der Waals surface area (Å²) in [5.74, 6) is 1.85. The molecule has 2 aliphatic rings. The van der Waals surface area contributed by atoms with Gasteiger partial charge in [0.1, 0.15) is 0 Å². The smallest absolute Gasteiger partial charge is 0.234 e. The van der Waals surface area contributed by atoms with Crippen LogP contribution in [0.15, 0.2) is 40.4 Å². The molecule has 12 heteroatoms. The topological polar surface area (TPSA) is 133 Å². The Morgan fingerprint density at radius 1 is 1.14 bits per heavy atom. The number of morpholine rings is 1. The van der Waals surface area contributed by atoms with E-state index >= 15 is 0 Å². The van der Waals surface area contributed by atoms with E-state index in [1.165, 1.54) is 11.8 Å². The molecule has 1 saturated carbocycles. The van der Waals surface area contributed by atoms with E-state index < -0.39 is 0 Å². The number of hydrogen-bond donors (Lipinski definition) is 4. The minimum absolute atomic E-state index is 0.0986. The number of aromatic nitrogens is 5. The van der Waals surface area contributed by atoms with E-state index in [2.05, 4.69) is 46.0 Å². The molecule has 1 aliphatic heterocycles. The number of aromatic amines is 1. The van der Waals surface area contributed by atoms with E-state index in [-0.39, 0.29) is 11.8 Å². The van der Waals surface area contributed by atoms with Gasteiger partial charge in [-0.2, -0.15) is 20.1 Å². The molecule has 0 radical (unpaired) electrons. The van der Waals surface area contributed by atoms with Crippen molar-refractivity contribution >= 4 is 41.1 Å². The molecule has 2 fully saturated rings. The van der Waals surface area contributed by atoms with Crippen molar-refractivity contribution in [2.24, 2.45) is 5.92 Å². The fraction of sp³-hybridized carbons (Fsp3) is 0.458. The summed E-state index contributed by atoms with van der Waals surface area (Å²) >= 11 is 1.43. The average Bonchev–Trinajstić information content (AvgIpc) is 3.66. The lowest BCUT2D eigenvalue weighted by atomic mass is 10.3. The highest BCUT2D eigenvalue weighted by molar-refractivity contribution is 7.99. The molecule has 1 saturated heterocycles. The number of carbonyl (C=O) groups is 1. The van der Waals surface area contributed by atoms with Gasteiger partial charge in [-0.15, -0.1) is 0 Å². The summed E-state index contributed by atoms with van der Waals surface area (Å²) in [6.07, 6.45) is 2.94. The third kappa shape index (κ3) is 7.15. The first kappa shape index (κ1) is 24.5. The molecule has 0 atom stereocenters. The van der Waals surface area contributed by atoms with Crippen molar-refractivity contribution in [2.75, 3.05) is 55.3 Å². The van der Waals surface area contributed by atoms with Crippen LogP contribution in [0.25, 0.3) is 0 Å². The second-order valence-electron chi connectivity index (χ2n) is 8.95. The van der Waals surface area contributed by atoms with Gasteiger partial charge in [-0.3, -0.25) is 14.8 Å². The maximum absolute atomic E-state index is 12.0. The highest BCUT2D eigenvalue weighted by atomic mass is 32.2. The highest BCUT2D eigenvalue weighted by Crippen LogP contribution is 2.31. The number of benzene rings is 1. The summed E-state index contributed by atoms with van der Waals surface area (Å²) in [6, 6.07) is 9.61. The summed E-state index contributed by atoms with van der Waals surface area (Å²) in [4.78, 5) is 29.1. The number of carbonyl (C=O) groups excluding carboxylic acids is 1. The Hall–Kier alpha value is -3.22. The molecule has 2 aromatic heterocycles. The summed E-state index contributed by atoms with van der Waals surface area (Å²) in [6.45, 7) is 7.25. The molecule has 4 N–H and O–H groups in total. The molecule has 0 spiro atoms. The van der Waals surface area contributed by atoms with Crippen LogP contribution < -0.4 is 16.0 Å². The molecule has 1 amide bonds. The zero-order chi connectivity index (χ0) is 24.7. The average molecular weight is 510 g/mol. The van der Waals surface area contributed by atoms with Crippen LogP contribution in [-0.2, 0) is 9.53 Å². The number of hydrogen-bond acceptors (Lipinski definition) is 10. The normalized spacial score (nSPS) is 16.0. The Morgan fingerprint density at radius 2 is 1.92 bits per heavy atom. The number of H-pyrrole nitrogens is 1. The quantitative estimate of drug-likeness (QED) is 0.285. The van der Waals surface area contributed by atoms with Gasteiger partial charge in [0.25, 0.3) is 0 Å². The van der Waals surface area contributed by atoms with E-state index in [9.17, 15) is 4.79 Å². The van der Waals surface area contributed by atoms with Crippen molar-refractivity contribution in [3.05, 3.63) is 36.0 Å². The van der Waals surface area contributed by atoms with Crippen molar-refractivity contribution in [1.82, 2.24) is 30.0 Å². The standard InChI is InChI=1S/C24H31N9O2S/c1-16-15-20(32-31-16)27-23-28-22(25-9-2-10-33-11-13-35-14-12-33)29-24(30-23)36-19-7-5-18(6-8-19)26-21(34)17-3-4-17/h5-8,15,17H,2-4,9-14H2,1H3,(H,26,34)(H3,25,27,28,29,30,31,32). The predicted molar refractivity (Wildman–Crippen MR) is 139 cm³/mol. The molecule has 0 bridgehead atoms. The fourth-order valence-electron chi connectivity index (χ4n) is 3.76. The lowest BCUT2D eigenvalue weighted by Crippen LogP contribution is -2.37. The van der Waals surface area contributed by atoms with E-state index in [0.717, 1.165) is 74.9 Å². The largest absolute Gasteiger partial charge is 0.379 e. The monoisotopic (exact) mass is 509 g/mol. The van der Waals surface area contributed by atoms with Crippen LogP contribution in [-0.4, -0.2) is 75.3 Å². The second-order valence-corrected chi connectivity index (χ2v) is 9.99. The number of amides is 1. The summed E-state index contributed by atoms with van der Waals surface area (Å²) in [5, 5.41) is 17.1. The maximum Gasteiger partial charge on any atom is 0.234 e. The fourth-order valence-corrected chi connectivity index (χ4v) is 4.51. The third-order valence-corrected chi connectivity index (χ3v) is 6.75. The Bertz CT molecular complexity index is 1160. The summed E-state index contributed by atoms with van der Waals surface area (Å²) in [7, 11) is 0. The van der Waals surface area contributed by atoms with Crippen LogP contribution in [0.3, 0.4) is 0 Å². The van der Waals surface area contributed by atoms with Crippen LogP contribution in [0.5, 0.6) is 0 Å². The number of anilines is 4. The van der Waals surface area contributed by atoms with Crippen LogP contribution in [0.2, 0.25) is 0 Å². The minimum Gasteiger partial charge on any atom is -0.379 e.